The summed E-state index contributed by atoms with van der Waals surface area (Å²) in [4.78, 5) is 10.8. The molecule has 1 aliphatic carbocycles. The Morgan fingerprint density at radius 3 is 2.56 bits per heavy atom. The van der Waals surface area contributed by atoms with E-state index in [4.69, 9.17) is 10.8 Å². The Kier molecular flexibility index (Phi) is 5.18. The van der Waals surface area contributed by atoms with Crippen LogP contribution in [-0.2, 0) is 4.79 Å². The van der Waals surface area contributed by atoms with Crippen molar-refractivity contribution in [2.24, 2.45) is 11.7 Å². The molecule has 16 heavy (non-hydrogen) atoms. The fourth-order valence-electron chi connectivity index (χ4n) is 2.13. The summed E-state index contributed by atoms with van der Waals surface area (Å²) in [7, 11) is 0. The maximum atomic E-state index is 10.8. The zero-order valence-electron chi connectivity index (χ0n) is 9.61. The van der Waals surface area contributed by atoms with Crippen molar-refractivity contribution in [1.29, 1.82) is 0 Å². The Labute approximate surface area is 96.0 Å². The molecule has 0 aromatic rings. The molecule has 94 valence electrons. The zero-order chi connectivity index (χ0) is 12.0. The van der Waals surface area contributed by atoms with E-state index < -0.39 is 11.6 Å². The molecule has 1 saturated carbocycles. The van der Waals surface area contributed by atoms with Gasteiger partial charge in [-0.3, -0.25) is 4.79 Å². The van der Waals surface area contributed by atoms with E-state index in [0.717, 1.165) is 13.0 Å². The molecule has 5 nitrogen and oxygen atoms in total. The number of carboxylic acid groups (broad SMARTS) is 1. The first-order chi connectivity index (χ1) is 7.57. The number of rotatable bonds is 6. The quantitative estimate of drug-likeness (QED) is 0.479. The summed E-state index contributed by atoms with van der Waals surface area (Å²) < 4.78 is 0. The van der Waals surface area contributed by atoms with Crippen molar-refractivity contribution in [3.05, 3.63) is 0 Å². The third-order valence-electron chi connectivity index (χ3n) is 3.28. The largest absolute Gasteiger partial charge is 0.481 e. The van der Waals surface area contributed by atoms with Crippen molar-refractivity contribution in [3.63, 3.8) is 0 Å². The van der Waals surface area contributed by atoms with Crippen molar-refractivity contribution < 1.29 is 15.0 Å². The van der Waals surface area contributed by atoms with Gasteiger partial charge >= 0.3 is 5.97 Å². The molecule has 0 radical (unpaired) electrons. The first kappa shape index (κ1) is 13.4. The predicted molar refractivity (Wildman–Crippen MR) is 61.1 cm³/mol. The van der Waals surface area contributed by atoms with Crippen LogP contribution in [0.25, 0.3) is 0 Å². The minimum Gasteiger partial charge on any atom is -0.481 e. The smallest absolute Gasteiger partial charge is 0.306 e. The molecule has 0 atom stereocenters. The van der Waals surface area contributed by atoms with Crippen molar-refractivity contribution in [2.75, 3.05) is 19.6 Å². The molecule has 0 aromatic heterocycles. The predicted octanol–water partition coefficient (Wildman–Crippen LogP) is -0.0693. The van der Waals surface area contributed by atoms with Gasteiger partial charge < -0.3 is 21.3 Å². The summed E-state index contributed by atoms with van der Waals surface area (Å²) >= 11 is 0. The number of nitrogens with one attached hydrogen (secondary N) is 1. The average molecular weight is 230 g/mol. The molecule has 0 saturated heterocycles. The minimum atomic E-state index is -0.738. The summed E-state index contributed by atoms with van der Waals surface area (Å²) in [6.07, 6.45) is 3.18. The van der Waals surface area contributed by atoms with Crippen molar-refractivity contribution in [3.8, 4) is 0 Å². The molecular formula is C11H22N2O3. The van der Waals surface area contributed by atoms with Crippen LogP contribution in [0, 0.1) is 5.92 Å². The van der Waals surface area contributed by atoms with Crippen LogP contribution in [0.2, 0.25) is 0 Å². The number of hydrogen-bond acceptors (Lipinski definition) is 4. The van der Waals surface area contributed by atoms with Gasteiger partial charge in [0.15, 0.2) is 0 Å². The van der Waals surface area contributed by atoms with Gasteiger partial charge in [-0.2, -0.15) is 0 Å². The van der Waals surface area contributed by atoms with Gasteiger partial charge in [0.2, 0.25) is 0 Å². The van der Waals surface area contributed by atoms with Crippen LogP contribution < -0.4 is 11.1 Å². The maximum Gasteiger partial charge on any atom is 0.306 e. The second-order valence-electron chi connectivity index (χ2n) is 4.66. The van der Waals surface area contributed by atoms with E-state index in [0.29, 0.717) is 38.8 Å². The zero-order valence-corrected chi connectivity index (χ0v) is 9.61. The highest BCUT2D eigenvalue weighted by Crippen LogP contribution is 2.31. The topological polar surface area (TPSA) is 95.6 Å². The molecule has 0 bridgehead atoms. The van der Waals surface area contributed by atoms with E-state index in [-0.39, 0.29) is 5.92 Å². The van der Waals surface area contributed by atoms with E-state index in [1.807, 2.05) is 0 Å². The third kappa shape index (κ3) is 4.08. The molecule has 0 aromatic carbocycles. The number of nitrogens with two attached hydrogens (primary N) is 1. The Morgan fingerprint density at radius 2 is 2.06 bits per heavy atom. The summed E-state index contributed by atoms with van der Waals surface area (Å²) in [6.45, 7) is 1.99. The van der Waals surface area contributed by atoms with Gasteiger partial charge in [0.25, 0.3) is 0 Å². The monoisotopic (exact) mass is 230 g/mol. The first-order valence-electron chi connectivity index (χ1n) is 5.93. The summed E-state index contributed by atoms with van der Waals surface area (Å²) in [5.41, 5.74) is 4.64. The van der Waals surface area contributed by atoms with Crippen LogP contribution in [0.1, 0.15) is 32.1 Å². The Morgan fingerprint density at radius 1 is 1.44 bits per heavy atom. The van der Waals surface area contributed by atoms with E-state index in [1.165, 1.54) is 0 Å². The number of carboxylic acids is 1. The molecule has 1 rings (SSSR count). The second-order valence-corrected chi connectivity index (χ2v) is 4.66. The molecule has 1 fully saturated rings. The van der Waals surface area contributed by atoms with Gasteiger partial charge in [0, 0.05) is 6.54 Å². The molecule has 0 aliphatic heterocycles. The highest BCUT2D eigenvalue weighted by molar-refractivity contribution is 5.70. The van der Waals surface area contributed by atoms with E-state index in [9.17, 15) is 9.90 Å². The van der Waals surface area contributed by atoms with Crippen molar-refractivity contribution >= 4 is 5.97 Å². The normalized spacial score (nSPS) is 30.2. The second kappa shape index (κ2) is 6.18. The average Bonchev–Trinajstić information content (AvgIpc) is 2.25. The lowest BCUT2D eigenvalue weighted by Crippen LogP contribution is -2.44. The Balaban J connectivity index is 2.24. The molecule has 0 unspecified atom stereocenters. The SMILES string of the molecule is NCCCNCC1(O)CCC(C(=O)O)CC1. The van der Waals surface area contributed by atoms with Crippen molar-refractivity contribution in [1.82, 2.24) is 5.32 Å². The van der Waals surface area contributed by atoms with E-state index in [1.54, 1.807) is 0 Å². The van der Waals surface area contributed by atoms with Crippen LogP contribution in [0.15, 0.2) is 0 Å². The Bertz CT molecular complexity index is 225. The number of carbonyl (C=O) groups is 1. The standard InChI is InChI=1S/C11H22N2O3/c12-6-1-7-13-8-11(16)4-2-9(3-5-11)10(14)15/h9,13,16H,1-8,12H2,(H,14,15). The lowest BCUT2D eigenvalue weighted by atomic mass is 9.79. The minimum absolute atomic E-state index is 0.274. The van der Waals surface area contributed by atoms with Crippen LogP contribution in [0.5, 0.6) is 0 Å². The van der Waals surface area contributed by atoms with E-state index in [2.05, 4.69) is 5.32 Å². The van der Waals surface area contributed by atoms with Gasteiger partial charge in [0.1, 0.15) is 0 Å². The fraction of sp³-hybridized carbons (Fsp3) is 0.909. The van der Waals surface area contributed by atoms with Gasteiger partial charge in [-0.15, -0.1) is 0 Å². The van der Waals surface area contributed by atoms with Crippen LogP contribution >= 0.6 is 0 Å². The molecule has 0 spiro atoms. The van der Waals surface area contributed by atoms with Gasteiger partial charge in [-0.05, 0) is 45.2 Å². The molecule has 5 heteroatoms. The Hall–Kier alpha value is -0.650. The van der Waals surface area contributed by atoms with E-state index >= 15 is 0 Å². The summed E-state index contributed by atoms with van der Waals surface area (Å²) in [5.74, 6) is -1.01. The third-order valence-corrected chi connectivity index (χ3v) is 3.28. The fourth-order valence-corrected chi connectivity index (χ4v) is 2.13. The van der Waals surface area contributed by atoms with Crippen LogP contribution in [-0.4, -0.2) is 41.4 Å². The summed E-state index contributed by atoms with van der Waals surface area (Å²) in [6, 6.07) is 0. The number of hydrogen-bond donors (Lipinski definition) is 4. The first-order valence-corrected chi connectivity index (χ1v) is 5.93. The van der Waals surface area contributed by atoms with Crippen LogP contribution in [0.3, 0.4) is 0 Å². The van der Waals surface area contributed by atoms with Gasteiger partial charge in [-0.1, -0.05) is 0 Å². The lowest BCUT2D eigenvalue weighted by Gasteiger charge is -2.34. The molecule has 5 N–H and O–H groups in total. The molecule has 0 amide bonds. The molecule has 0 heterocycles. The highest BCUT2D eigenvalue weighted by atomic mass is 16.4. The maximum absolute atomic E-state index is 10.8. The number of aliphatic hydroxyl groups is 1. The number of aliphatic carboxylic acids is 1. The van der Waals surface area contributed by atoms with Crippen LogP contribution in [0.4, 0.5) is 0 Å². The molecular weight excluding hydrogens is 208 g/mol. The lowest BCUT2D eigenvalue weighted by molar-refractivity contribution is -0.144. The van der Waals surface area contributed by atoms with Gasteiger partial charge in [-0.25, -0.2) is 0 Å². The summed E-state index contributed by atoms with van der Waals surface area (Å²) in [5, 5.41) is 22.2. The molecule has 1 aliphatic rings. The van der Waals surface area contributed by atoms with Crippen molar-refractivity contribution in [2.45, 2.75) is 37.7 Å². The highest BCUT2D eigenvalue weighted by Gasteiger charge is 2.35. The van der Waals surface area contributed by atoms with Gasteiger partial charge in [0.05, 0.1) is 11.5 Å².